The van der Waals surface area contributed by atoms with Crippen LogP contribution in [0.3, 0.4) is 0 Å². The third-order valence-corrected chi connectivity index (χ3v) is 4.70. The first kappa shape index (κ1) is 16.2. The minimum Gasteiger partial charge on any atom is -0.550 e. The van der Waals surface area contributed by atoms with Crippen LogP contribution < -0.4 is 9.83 Å². The van der Waals surface area contributed by atoms with Crippen LogP contribution >= 0.6 is 23.2 Å². The van der Waals surface area contributed by atoms with Crippen LogP contribution in [0.2, 0.25) is 10.0 Å². The van der Waals surface area contributed by atoms with Crippen molar-refractivity contribution in [3.05, 3.63) is 28.2 Å². The third-order valence-electron chi connectivity index (χ3n) is 2.29. The van der Waals surface area contributed by atoms with E-state index < -0.39 is 16.0 Å². The SMILES string of the molecule is O=C([O-])CCCCNS(=O)(=O)c1c(Cl)cccc1Cl. The highest BCUT2D eigenvalue weighted by atomic mass is 35.5. The number of hydrogen-bond acceptors (Lipinski definition) is 4. The fourth-order valence-corrected chi connectivity index (χ4v) is 3.63. The summed E-state index contributed by atoms with van der Waals surface area (Å²) in [4.78, 5) is 10.0. The molecule has 0 aliphatic rings. The van der Waals surface area contributed by atoms with E-state index in [9.17, 15) is 18.3 Å². The zero-order valence-corrected chi connectivity index (χ0v) is 12.2. The van der Waals surface area contributed by atoms with Crippen molar-refractivity contribution in [3.63, 3.8) is 0 Å². The molecule has 0 fully saturated rings. The first-order valence-electron chi connectivity index (χ1n) is 5.48. The van der Waals surface area contributed by atoms with Crippen LogP contribution in [0.1, 0.15) is 19.3 Å². The molecule has 0 saturated heterocycles. The van der Waals surface area contributed by atoms with Gasteiger partial charge in [0.05, 0.1) is 10.0 Å². The van der Waals surface area contributed by atoms with Crippen molar-refractivity contribution in [2.24, 2.45) is 0 Å². The van der Waals surface area contributed by atoms with Crippen LogP contribution in [0.15, 0.2) is 23.1 Å². The largest absolute Gasteiger partial charge is 0.550 e. The number of benzene rings is 1. The molecule has 1 aromatic carbocycles. The molecule has 0 aromatic heterocycles. The molecule has 8 heteroatoms. The number of hydrogen-bond donors (Lipinski definition) is 1. The predicted octanol–water partition coefficient (Wildman–Crippen LogP) is 1.19. The van der Waals surface area contributed by atoms with Crippen LogP contribution in [0.5, 0.6) is 0 Å². The molecule has 1 rings (SSSR count). The van der Waals surface area contributed by atoms with Gasteiger partial charge in [0, 0.05) is 12.5 Å². The third kappa shape index (κ3) is 4.99. The summed E-state index contributed by atoms with van der Waals surface area (Å²) in [5.74, 6) is -1.16. The van der Waals surface area contributed by atoms with Gasteiger partial charge in [0.25, 0.3) is 0 Å². The summed E-state index contributed by atoms with van der Waals surface area (Å²) < 4.78 is 26.2. The first-order chi connectivity index (χ1) is 8.84. The van der Waals surface area contributed by atoms with Crippen molar-refractivity contribution in [1.29, 1.82) is 0 Å². The molecule has 0 bridgehead atoms. The number of carbonyl (C=O) groups excluding carboxylic acids is 1. The van der Waals surface area contributed by atoms with Crippen LogP contribution in [0, 0.1) is 0 Å². The molecule has 0 unspecified atom stereocenters. The normalized spacial score (nSPS) is 11.5. The summed E-state index contributed by atoms with van der Waals surface area (Å²) in [5, 5.41) is 10.3. The minimum absolute atomic E-state index is 0.0368. The van der Waals surface area contributed by atoms with Gasteiger partial charge in [0.1, 0.15) is 4.90 Å². The lowest BCUT2D eigenvalue weighted by atomic mass is 10.2. The topological polar surface area (TPSA) is 86.3 Å². The number of carboxylic acid groups (broad SMARTS) is 1. The number of carboxylic acids is 1. The van der Waals surface area contributed by atoms with E-state index in [0.29, 0.717) is 12.8 Å². The standard InChI is InChI=1S/C11H13Cl2NO4S/c12-8-4-3-5-9(13)11(8)19(17,18)14-7-2-1-6-10(15)16/h3-5,14H,1-2,6-7H2,(H,15,16)/p-1. The molecule has 106 valence electrons. The van der Waals surface area contributed by atoms with Gasteiger partial charge in [-0.2, -0.15) is 0 Å². The average molecular weight is 325 g/mol. The number of aliphatic carboxylic acids is 1. The Labute approximate surface area is 121 Å². The zero-order chi connectivity index (χ0) is 14.5. The molecule has 19 heavy (non-hydrogen) atoms. The summed E-state index contributed by atoms with van der Waals surface area (Å²) in [5.41, 5.74) is 0. The van der Waals surface area contributed by atoms with Gasteiger partial charge >= 0.3 is 0 Å². The Hall–Kier alpha value is -0.820. The van der Waals surface area contributed by atoms with Crippen LogP contribution in [-0.2, 0) is 14.8 Å². The predicted molar refractivity (Wildman–Crippen MR) is 70.5 cm³/mol. The molecular weight excluding hydrogens is 313 g/mol. The van der Waals surface area contributed by atoms with Crippen molar-refractivity contribution in [3.8, 4) is 0 Å². The van der Waals surface area contributed by atoms with E-state index in [4.69, 9.17) is 23.2 Å². The molecule has 0 radical (unpaired) electrons. The van der Waals surface area contributed by atoms with Crippen LogP contribution in [0.4, 0.5) is 0 Å². The second-order valence-corrected chi connectivity index (χ2v) is 6.30. The maximum Gasteiger partial charge on any atom is 0.243 e. The van der Waals surface area contributed by atoms with Crippen molar-refractivity contribution in [2.45, 2.75) is 24.2 Å². The summed E-state index contributed by atoms with van der Waals surface area (Å²) in [6.45, 7) is 0.108. The van der Waals surface area contributed by atoms with E-state index >= 15 is 0 Å². The minimum atomic E-state index is -3.80. The molecule has 0 atom stereocenters. The van der Waals surface area contributed by atoms with E-state index in [1.807, 2.05) is 0 Å². The number of halogens is 2. The summed E-state index contributed by atoms with van der Waals surface area (Å²) in [6, 6.07) is 4.40. The van der Waals surface area contributed by atoms with E-state index in [0.717, 1.165) is 0 Å². The fourth-order valence-electron chi connectivity index (χ4n) is 1.41. The van der Waals surface area contributed by atoms with E-state index in [2.05, 4.69) is 4.72 Å². The van der Waals surface area contributed by atoms with Crippen molar-refractivity contribution >= 4 is 39.2 Å². The van der Waals surface area contributed by atoms with Crippen LogP contribution in [-0.4, -0.2) is 20.9 Å². The van der Waals surface area contributed by atoms with Gasteiger partial charge in [-0.1, -0.05) is 29.3 Å². The lowest BCUT2D eigenvalue weighted by Gasteiger charge is -2.09. The second-order valence-electron chi connectivity index (χ2n) is 3.78. The number of rotatable bonds is 7. The smallest absolute Gasteiger partial charge is 0.243 e. The maximum atomic E-state index is 12.0. The Morgan fingerprint density at radius 2 is 1.79 bits per heavy atom. The Morgan fingerprint density at radius 3 is 2.32 bits per heavy atom. The monoisotopic (exact) mass is 324 g/mol. The molecule has 1 N–H and O–H groups in total. The zero-order valence-electron chi connectivity index (χ0n) is 9.86. The molecule has 0 spiro atoms. The lowest BCUT2D eigenvalue weighted by molar-refractivity contribution is -0.305. The number of sulfonamides is 1. The molecule has 0 saturated carbocycles. The molecule has 0 aliphatic carbocycles. The van der Waals surface area contributed by atoms with Gasteiger partial charge in [-0.25, -0.2) is 13.1 Å². The van der Waals surface area contributed by atoms with Crippen molar-refractivity contribution in [1.82, 2.24) is 4.72 Å². The Kier molecular flexibility index (Phi) is 6.06. The maximum absolute atomic E-state index is 12.0. The molecule has 0 heterocycles. The molecule has 1 aromatic rings. The second kappa shape index (κ2) is 7.09. The number of carbonyl (C=O) groups is 1. The lowest BCUT2D eigenvalue weighted by Crippen LogP contribution is -2.26. The van der Waals surface area contributed by atoms with Gasteiger partial charge in [-0.3, -0.25) is 0 Å². The highest BCUT2D eigenvalue weighted by Gasteiger charge is 2.20. The Morgan fingerprint density at radius 1 is 1.21 bits per heavy atom. The average Bonchev–Trinajstić information content (AvgIpc) is 2.27. The summed E-state index contributed by atoms with van der Waals surface area (Å²) in [6.07, 6.45) is 0.616. The highest BCUT2D eigenvalue weighted by Crippen LogP contribution is 2.28. The molecular formula is C11H12Cl2NO4S-. The number of unbranched alkanes of at least 4 members (excludes halogenated alkanes) is 1. The van der Waals surface area contributed by atoms with E-state index in [-0.39, 0.29) is 27.9 Å². The Balaban J connectivity index is 2.64. The fraction of sp³-hybridized carbons (Fsp3) is 0.364. The Bertz CT molecular complexity index is 540. The first-order valence-corrected chi connectivity index (χ1v) is 7.72. The highest BCUT2D eigenvalue weighted by molar-refractivity contribution is 7.89. The van der Waals surface area contributed by atoms with Gasteiger partial charge in [-0.15, -0.1) is 0 Å². The summed E-state index contributed by atoms with van der Waals surface area (Å²) >= 11 is 11.6. The van der Waals surface area contributed by atoms with Crippen molar-refractivity contribution in [2.75, 3.05) is 6.54 Å². The van der Waals surface area contributed by atoms with E-state index in [1.54, 1.807) is 6.07 Å². The van der Waals surface area contributed by atoms with Crippen LogP contribution in [0.25, 0.3) is 0 Å². The van der Waals surface area contributed by atoms with Crippen molar-refractivity contribution < 1.29 is 18.3 Å². The molecule has 0 amide bonds. The number of nitrogens with one attached hydrogen (secondary N) is 1. The van der Waals surface area contributed by atoms with Gasteiger partial charge in [0.15, 0.2) is 0 Å². The van der Waals surface area contributed by atoms with E-state index in [1.165, 1.54) is 12.1 Å². The van der Waals surface area contributed by atoms with Gasteiger partial charge in [0.2, 0.25) is 10.0 Å². The summed E-state index contributed by atoms with van der Waals surface area (Å²) in [7, 11) is -3.80. The van der Waals surface area contributed by atoms with Gasteiger partial charge in [-0.05, 0) is 31.4 Å². The molecule has 0 aliphatic heterocycles. The molecule has 5 nitrogen and oxygen atoms in total. The quantitative estimate of drug-likeness (QED) is 0.763. The van der Waals surface area contributed by atoms with Gasteiger partial charge < -0.3 is 9.90 Å².